The Balaban J connectivity index is 1.63. The number of nitrogens with zero attached hydrogens (tertiary/aromatic N) is 1. The summed E-state index contributed by atoms with van der Waals surface area (Å²) >= 11 is 11.9. The van der Waals surface area contributed by atoms with Gasteiger partial charge in [-0.2, -0.15) is 17.5 Å². The first-order valence-electron chi connectivity index (χ1n) is 9.70. The van der Waals surface area contributed by atoms with E-state index in [4.69, 9.17) is 23.2 Å². The smallest absolute Gasteiger partial charge is 0.385 e. The minimum atomic E-state index is -4.67. The second kappa shape index (κ2) is 8.18. The van der Waals surface area contributed by atoms with Crippen LogP contribution in [0.15, 0.2) is 59.5 Å². The fourth-order valence-electron chi connectivity index (χ4n) is 4.03. The molecule has 0 unspecified atom stereocenters. The van der Waals surface area contributed by atoms with Gasteiger partial charge >= 0.3 is 6.18 Å². The number of rotatable bonds is 3. The van der Waals surface area contributed by atoms with Crippen molar-refractivity contribution in [3.63, 3.8) is 0 Å². The maximum atomic E-state index is 13.4. The first-order valence-corrected chi connectivity index (χ1v) is 11.9. The van der Waals surface area contributed by atoms with E-state index in [2.05, 4.69) is 0 Å². The molecule has 170 valence electrons. The van der Waals surface area contributed by atoms with Gasteiger partial charge in [0.15, 0.2) is 0 Å². The Labute approximate surface area is 193 Å². The average Bonchev–Trinajstić information content (AvgIpc) is 2.73. The van der Waals surface area contributed by atoms with Gasteiger partial charge in [0.1, 0.15) is 0 Å². The summed E-state index contributed by atoms with van der Waals surface area (Å²) in [7, 11) is -3.94. The monoisotopic (exact) mass is 503 g/mol. The van der Waals surface area contributed by atoms with E-state index in [9.17, 15) is 26.7 Å². The summed E-state index contributed by atoms with van der Waals surface area (Å²) in [5, 5.41) is 12.0. The Morgan fingerprint density at radius 2 is 1.56 bits per heavy atom. The van der Waals surface area contributed by atoms with E-state index in [1.807, 2.05) is 0 Å². The molecular weight excluding hydrogens is 486 g/mol. The summed E-state index contributed by atoms with van der Waals surface area (Å²) in [6.45, 7) is -0.132. The molecule has 0 bridgehead atoms. The number of piperidine rings is 1. The SMILES string of the molecule is O=S(=O)(c1cccc2cccc(Cl)c12)N1CCC(O)(c2ccc(Cl)c(C(F)(F)F)c2)CC1. The lowest BCUT2D eigenvalue weighted by molar-refractivity contribution is -0.137. The van der Waals surface area contributed by atoms with Gasteiger partial charge in [0.2, 0.25) is 10.0 Å². The molecule has 0 saturated carbocycles. The molecular formula is C22H18Cl2F3NO3S. The molecule has 1 aliphatic heterocycles. The number of hydrogen-bond donors (Lipinski definition) is 1. The summed E-state index contributed by atoms with van der Waals surface area (Å²) in [6, 6.07) is 13.2. The predicted molar refractivity (Wildman–Crippen MR) is 117 cm³/mol. The van der Waals surface area contributed by atoms with Crippen molar-refractivity contribution in [2.45, 2.75) is 29.5 Å². The van der Waals surface area contributed by atoms with Crippen molar-refractivity contribution < 1.29 is 26.7 Å². The highest BCUT2D eigenvalue weighted by Crippen LogP contribution is 2.41. The molecule has 1 fully saturated rings. The minimum Gasteiger partial charge on any atom is -0.385 e. The predicted octanol–water partition coefficient (Wildman–Crippen LogP) is 5.84. The molecule has 0 radical (unpaired) electrons. The molecule has 4 nitrogen and oxygen atoms in total. The van der Waals surface area contributed by atoms with Crippen LogP contribution in [0.25, 0.3) is 10.8 Å². The van der Waals surface area contributed by atoms with Crippen LogP contribution in [-0.2, 0) is 21.8 Å². The van der Waals surface area contributed by atoms with Crippen LogP contribution in [0.3, 0.4) is 0 Å². The van der Waals surface area contributed by atoms with Crippen molar-refractivity contribution in [3.05, 3.63) is 75.8 Å². The van der Waals surface area contributed by atoms with Crippen LogP contribution in [0.4, 0.5) is 13.2 Å². The van der Waals surface area contributed by atoms with Gasteiger partial charge in [-0.3, -0.25) is 0 Å². The molecule has 0 aromatic heterocycles. The Kier molecular flexibility index (Phi) is 5.96. The minimum absolute atomic E-state index is 0.0527. The Hall–Kier alpha value is -1.84. The van der Waals surface area contributed by atoms with Gasteiger partial charge in [0, 0.05) is 23.5 Å². The number of sulfonamides is 1. The van der Waals surface area contributed by atoms with Gasteiger partial charge in [0.25, 0.3) is 0 Å². The van der Waals surface area contributed by atoms with E-state index in [1.54, 1.807) is 30.3 Å². The molecule has 3 aromatic carbocycles. The third-order valence-corrected chi connectivity index (χ3v) is 8.38. The molecule has 0 aliphatic carbocycles. The van der Waals surface area contributed by atoms with Crippen LogP contribution in [0.2, 0.25) is 10.0 Å². The third-order valence-electron chi connectivity index (χ3n) is 5.79. The summed E-state index contributed by atoms with van der Waals surface area (Å²) in [5.41, 5.74) is -2.59. The van der Waals surface area contributed by atoms with Gasteiger partial charge in [-0.05, 0) is 48.1 Å². The van der Waals surface area contributed by atoms with Crippen LogP contribution < -0.4 is 0 Å². The molecule has 0 amide bonds. The molecule has 1 saturated heterocycles. The lowest BCUT2D eigenvalue weighted by Crippen LogP contribution is -2.45. The van der Waals surface area contributed by atoms with Crippen LogP contribution in [0, 0.1) is 0 Å². The van der Waals surface area contributed by atoms with E-state index in [0.717, 1.165) is 12.1 Å². The van der Waals surface area contributed by atoms with E-state index in [-0.39, 0.29) is 36.4 Å². The van der Waals surface area contributed by atoms with Crippen LogP contribution >= 0.6 is 23.2 Å². The van der Waals surface area contributed by atoms with E-state index < -0.39 is 32.4 Å². The van der Waals surface area contributed by atoms with Crippen LogP contribution in [0.1, 0.15) is 24.0 Å². The molecule has 10 heteroatoms. The lowest BCUT2D eigenvalue weighted by Gasteiger charge is -2.38. The molecule has 4 rings (SSSR count). The van der Waals surface area contributed by atoms with E-state index in [1.165, 1.54) is 16.4 Å². The van der Waals surface area contributed by atoms with Crippen molar-refractivity contribution in [1.29, 1.82) is 0 Å². The number of halogens is 5. The fourth-order valence-corrected chi connectivity index (χ4v) is 6.28. The average molecular weight is 504 g/mol. The van der Waals surface area contributed by atoms with Gasteiger partial charge in [-0.15, -0.1) is 0 Å². The molecule has 3 aromatic rings. The fraction of sp³-hybridized carbons (Fsp3) is 0.273. The van der Waals surface area contributed by atoms with Gasteiger partial charge in [-0.1, -0.05) is 53.5 Å². The van der Waals surface area contributed by atoms with Crippen molar-refractivity contribution >= 4 is 44.0 Å². The quantitative estimate of drug-likeness (QED) is 0.488. The Bertz CT molecular complexity index is 1280. The standard InChI is InChI=1S/C22H18Cl2F3NO3S/c23-17-8-7-15(13-16(17)22(25,26)27)21(29)9-11-28(12-10-21)32(30,31)19-6-2-4-14-3-1-5-18(24)20(14)19/h1-8,13,29H,9-12H2. The summed E-state index contributed by atoms with van der Waals surface area (Å²) in [6.07, 6.45) is -4.80. The zero-order valence-electron chi connectivity index (χ0n) is 16.5. The molecule has 1 N–H and O–H groups in total. The van der Waals surface area contributed by atoms with Crippen LogP contribution in [0.5, 0.6) is 0 Å². The first-order chi connectivity index (χ1) is 14.9. The molecule has 32 heavy (non-hydrogen) atoms. The summed E-state index contributed by atoms with van der Waals surface area (Å²) in [4.78, 5) is 0.0527. The van der Waals surface area contributed by atoms with Crippen molar-refractivity contribution in [2.75, 3.05) is 13.1 Å². The largest absolute Gasteiger partial charge is 0.417 e. The topological polar surface area (TPSA) is 57.6 Å². The maximum absolute atomic E-state index is 13.4. The zero-order chi connectivity index (χ0) is 23.3. The van der Waals surface area contributed by atoms with Gasteiger partial charge in [0.05, 0.1) is 21.1 Å². The highest BCUT2D eigenvalue weighted by molar-refractivity contribution is 7.89. The highest BCUT2D eigenvalue weighted by atomic mass is 35.5. The van der Waals surface area contributed by atoms with E-state index >= 15 is 0 Å². The Morgan fingerprint density at radius 3 is 2.19 bits per heavy atom. The Morgan fingerprint density at radius 1 is 0.938 bits per heavy atom. The summed E-state index contributed by atoms with van der Waals surface area (Å²) < 4.78 is 67.6. The number of alkyl halides is 3. The normalized spacial score (nSPS) is 17.6. The lowest BCUT2D eigenvalue weighted by atomic mass is 9.84. The first kappa shape index (κ1) is 23.3. The second-order valence-corrected chi connectivity index (χ2v) is 10.4. The third kappa shape index (κ3) is 4.10. The molecule has 1 aliphatic rings. The highest BCUT2D eigenvalue weighted by Gasteiger charge is 2.41. The van der Waals surface area contributed by atoms with Crippen molar-refractivity contribution in [2.24, 2.45) is 0 Å². The zero-order valence-corrected chi connectivity index (χ0v) is 18.9. The molecule has 0 spiro atoms. The van der Waals surface area contributed by atoms with Crippen molar-refractivity contribution in [3.8, 4) is 0 Å². The number of aliphatic hydroxyl groups is 1. The van der Waals surface area contributed by atoms with E-state index in [0.29, 0.717) is 15.8 Å². The second-order valence-electron chi connectivity index (χ2n) is 7.72. The van der Waals surface area contributed by atoms with Crippen LogP contribution in [-0.4, -0.2) is 30.9 Å². The van der Waals surface area contributed by atoms with Crippen molar-refractivity contribution in [1.82, 2.24) is 4.31 Å². The molecule has 0 atom stereocenters. The molecule has 1 heterocycles. The number of hydrogen-bond acceptors (Lipinski definition) is 3. The summed E-state index contributed by atoms with van der Waals surface area (Å²) in [5.74, 6) is 0. The van der Waals surface area contributed by atoms with Gasteiger partial charge in [-0.25, -0.2) is 8.42 Å². The maximum Gasteiger partial charge on any atom is 0.417 e. The number of benzene rings is 3. The van der Waals surface area contributed by atoms with Gasteiger partial charge < -0.3 is 5.11 Å². The number of fused-ring (bicyclic) bond motifs is 1.